The fraction of sp³-hybridized carbons (Fsp3) is 0.727. The van der Waals surface area contributed by atoms with Gasteiger partial charge in [0.2, 0.25) is 17.7 Å². The summed E-state index contributed by atoms with van der Waals surface area (Å²) < 4.78 is 0. The highest BCUT2D eigenvalue weighted by atomic mass is 32.2. The molecule has 0 saturated heterocycles. The topological polar surface area (TPSA) is 252 Å². The number of carbonyl (C=O) groups is 5. The van der Waals surface area contributed by atoms with Gasteiger partial charge in [-0.25, -0.2) is 4.79 Å². The number of hydrogen-bond acceptors (Lipinski definition) is 8. The zero-order valence-corrected chi connectivity index (χ0v) is 22.4. The Bertz CT molecular complexity index is 806. The van der Waals surface area contributed by atoms with E-state index in [1.807, 2.05) is 20.1 Å². The molecule has 15 heteroatoms. The molecule has 11 N–H and O–H groups in total. The number of nitrogens with two attached hydrogens (primary N) is 3. The molecule has 212 valence electrons. The average Bonchev–Trinajstić information content (AvgIpc) is 2.80. The van der Waals surface area contributed by atoms with E-state index in [1.165, 1.54) is 11.8 Å². The molecule has 0 aliphatic rings. The predicted octanol–water partition coefficient (Wildman–Crippen LogP) is -1.43. The monoisotopic (exact) mass is 547 g/mol. The number of carboxylic acid groups (broad SMARTS) is 2. The van der Waals surface area contributed by atoms with Crippen LogP contribution in [-0.4, -0.2) is 88.6 Å². The highest BCUT2D eigenvalue weighted by Crippen LogP contribution is 2.09. The van der Waals surface area contributed by atoms with Crippen LogP contribution in [0.15, 0.2) is 4.99 Å². The van der Waals surface area contributed by atoms with Crippen molar-refractivity contribution in [3.63, 3.8) is 0 Å². The van der Waals surface area contributed by atoms with E-state index >= 15 is 0 Å². The number of hydrogen-bond donors (Lipinski definition) is 8. The van der Waals surface area contributed by atoms with E-state index < -0.39 is 53.8 Å². The Morgan fingerprint density at radius 1 is 0.865 bits per heavy atom. The molecule has 4 atom stereocenters. The molecule has 0 saturated carbocycles. The van der Waals surface area contributed by atoms with Crippen LogP contribution in [0.1, 0.15) is 52.4 Å². The molecule has 3 amide bonds. The molecular formula is C22H41N7O7S. The van der Waals surface area contributed by atoms with Gasteiger partial charge in [-0.2, -0.15) is 11.8 Å². The van der Waals surface area contributed by atoms with Gasteiger partial charge >= 0.3 is 11.9 Å². The summed E-state index contributed by atoms with van der Waals surface area (Å²) in [6.45, 7) is 3.88. The summed E-state index contributed by atoms with van der Waals surface area (Å²) in [6, 6.07) is -4.41. The molecule has 0 aromatic heterocycles. The molecule has 0 fully saturated rings. The lowest BCUT2D eigenvalue weighted by molar-refractivity contribution is -0.142. The lowest BCUT2D eigenvalue weighted by Gasteiger charge is -2.26. The molecule has 0 heterocycles. The Morgan fingerprint density at radius 2 is 1.43 bits per heavy atom. The van der Waals surface area contributed by atoms with Crippen molar-refractivity contribution in [3.05, 3.63) is 0 Å². The van der Waals surface area contributed by atoms with Crippen LogP contribution >= 0.6 is 11.8 Å². The van der Waals surface area contributed by atoms with Crippen molar-refractivity contribution in [1.82, 2.24) is 16.0 Å². The molecule has 37 heavy (non-hydrogen) atoms. The van der Waals surface area contributed by atoms with Gasteiger partial charge in [-0.05, 0) is 50.0 Å². The van der Waals surface area contributed by atoms with Crippen LogP contribution in [0.4, 0.5) is 0 Å². The Labute approximate surface area is 220 Å². The van der Waals surface area contributed by atoms with Gasteiger partial charge in [0.05, 0.1) is 6.04 Å². The zero-order chi connectivity index (χ0) is 28.5. The van der Waals surface area contributed by atoms with Crippen molar-refractivity contribution >= 4 is 47.4 Å². The molecule has 0 aromatic carbocycles. The molecule has 4 unspecified atom stereocenters. The average molecular weight is 548 g/mol. The van der Waals surface area contributed by atoms with Crippen LogP contribution in [0.25, 0.3) is 0 Å². The highest BCUT2D eigenvalue weighted by Gasteiger charge is 2.30. The summed E-state index contributed by atoms with van der Waals surface area (Å²) in [5, 5.41) is 25.9. The van der Waals surface area contributed by atoms with Crippen LogP contribution < -0.4 is 33.2 Å². The van der Waals surface area contributed by atoms with Crippen LogP contribution in [0.2, 0.25) is 0 Å². The Hall–Kier alpha value is -3.07. The number of aliphatic imine (C=N–C) groups is 1. The maximum Gasteiger partial charge on any atom is 0.326 e. The third-order valence-electron chi connectivity index (χ3n) is 5.15. The molecule has 0 aliphatic carbocycles. The van der Waals surface area contributed by atoms with E-state index in [1.54, 1.807) is 0 Å². The Morgan fingerprint density at radius 3 is 1.95 bits per heavy atom. The first kappa shape index (κ1) is 33.9. The van der Waals surface area contributed by atoms with Crippen LogP contribution in [0.5, 0.6) is 0 Å². The standard InChI is InChI=1S/C22H41N7O7S/c1-12(2)11-16(29-18(32)13(23)6-7-17(30)31)20(34)27-14(8-10-37-3)19(33)28-15(21(35)36)5-4-9-26-22(24)25/h12-16H,4-11,23H2,1-3H3,(H,27,34)(H,28,33)(H,29,32)(H,30,31)(H,35,36)(H4,24,25,26). The summed E-state index contributed by atoms with van der Waals surface area (Å²) in [4.78, 5) is 64.6. The minimum Gasteiger partial charge on any atom is -0.481 e. The first-order chi connectivity index (χ1) is 17.3. The van der Waals surface area contributed by atoms with Gasteiger partial charge < -0.3 is 43.4 Å². The SMILES string of the molecule is CSCCC(NC(=O)C(CC(C)C)NC(=O)C(N)CCC(=O)O)C(=O)NC(CCCN=C(N)N)C(=O)O. The van der Waals surface area contributed by atoms with Crippen molar-refractivity contribution in [2.45, 2.75) is 76.5 Å². The minimum absolute atomic E-state index is 0.00799. The second-order valence-electron chi connectivity index (χ2n) is 8.92. The summed E-state index contributed by atoms with van der Waals surface area (Å²) in [7, 11) is 0. The lowest BCUT2D eigenvalue weighted by Crippen LogP contribution is -2.57. The number of amides is 3. The largest absolute Gasteiger partial charge is 0.481 e. The third-order valence-corrected chi connectivity index (χ3v) is 5.79. The van der Waals surface area contributed by atoms with Crippen molar-refractivity contribution in [2.24, 2.45) is 28.1 Å². The number of nitrogens with one attached hydrogen (secondary N) is 3. The number of nitrogens with zero attached hydrogens (tertiary/aromatic N) is 1. The second-order valence-corrected chi connectivity index (χ2v) is 9.91. The quantitative estimate of drug-likeness (QED) is 0.0528. The smallest absolute Gasteiger partial charge is 0.326 e. The van der Waals surface area contributed by atoms with Crippen molar-refractivity contribution < 1.29 is 34.2 Å². The predicted molar refractivity (Wildman–Crippen MR) is 141 cm³/mol. The van der Waals surface area contributed by atoms with Gasteiger partial charge in [0.1, 0.15) is 18.1 Å². The highest BCUT2D eigenvalue weighted by molar-refractivity contribution is 7.98. The number of aliphatic carboxylic acids is 2. The molecule has 0 spiro atoms. The van der Waals surface area contributed by atoms with E-state index in [9.17, 15) is 29.1 Å². The molecule has 0 aromatic rings. The first-order valence-electron chi connectivity index (χ1n) is 11.9. The fourth-order valence-electron chi connectivity index (χ4n) is 3.20. The number of rotatable bonds is 19. The van der Waals surface area contributed by atoms with Gasteiger partial charge in [0.15, 0.2) is 5.96 Å². The lowest BCUT2D eigenvalue weighted by atomic mass is 10.0. The fourth-order valence-corrected chi connectivity index (χ4v) is 3.67. The molecular weight excluding hydrogens is 506 g/mol. The van der Waals surface area contributed by atoms with E-state index in [-0.39, 0.29) is 50.5 Å². The molecule has 0 radical (unpaired) electrons. The van der Waals surface area contributed by atoms with Gasteiger partial charge in [-0.3, -0.25) is 24.2 Å². The molecule has 0 rings (SSSR count). The van der Waals surface area contributed by atoms with Gasteiger partial charge in [0, 0.05) is 13.0 Å². The Balaban J connectivity index is 5.42. The maximum absolute atomic E-state index is 13.1. The molecule has 0 aliphatic heterocycles. The van der Waals surface area contributed by atoms with Gasteiger partial charge in [-0.1, -0.05) is 13.8 Å². The van der Waals surface area contributed by atoms with E-state index in [2.05, 4.69) is 20.9 Å². The number of guanidine groups is 1. The summed E-state index contributed by atoms with van der Waals surface area (Å²) in [5.74, 6) is -3.96. The second kappa shape index (κ2) is 18.2. The molecule has 0 bridgehead atoms. The minimum atomic E-state index is -1.24. The maximum atomic E-state index is 13.1. The third kappa shape index (κ3) is 15.6. The van der Waals surface area contributed by atoms with E-state index in [4.69, 9.17) is 22.3 Å². The molecule has 14 nitrogen and oxygen atoms in total. The first-order valence-corrected chi connectivity index (χ1v) is 13.3. The number of carbonyl (C=O) groups excluding carboxylic acids is 3. The number of thioether (sulfide) groups is 1. The van der Waals surface area contributed by atoms with Crippen LogP contribution in [-0.2, 0) is 24.0 Å². The number of carboxylic acids is 2. The normalized spacial score (nSPS) is 14.1. The van der Waals surface area contributed by atoms with E-state index in [0.29, 0.717) is 12.2 Å². The van der Waals surface area contributed by atoms with Crippen LogP contribution in [0.3, 0.4) is 0 Å². The van der Waals surface area contributed by atoms with Crippen molar-refractivity contribution in [2.75, 3.05) is 18.6 Å². The van der Waals surface area contributed by atoms with Gasteiger partial charge in [-0.15, -0.1) is 0 Å². The summed E-state index contributed by atoms with van der Waals surface area (Å²) in [5.41, 5.74) is 16.3. The summed E-state index contributed by atoms with van der Waals surface area (Å²) in [6.07, 6.45) is 2.25. The zero-order valence-electron chi connectivity index (χ0n) is 21.6. The Kier molecular flexibility index (Phi) is 16.7. The van der Waals surface area contributed by atoms with Crippen molar-refractivity contribution in [3.8, 4) is 0 Å². The van der Waals surface area contributed by atoms with Gasteiger partial charge in [0.25, 0.3) is 0 Å². The summed E-state index contributed by atoms with van der Waals surface area (Å²) >= 11 is 1.44. The van der Waals surface area contributed by atoms with Crippen molar-refractivity contribution in [1.29, 1.82) is 0 Å². The van der Waals surface area contributed by atoms with E-state index in [0.717, 1.165) is 0 Å². The van der Waals surface area contributed by atoms with Crippen LogP contribution in [0, 0.1) is 5.92 Å².